The maximum atomic E-state index is 12.6. The second-order valence-electron chi connectivity index (χ2n) is 6.85. The highest BCUT2D eigenvalue weighted by atomic mass is 32.2. The van der Waals surface area contributed by atoms with Gasteiger partial charge in [0.2, 0.25) is 5.91 Å². The van der Waals surface area contributed by atoms with E-state index in [2.05, 4.69) is 10.3 Å². The zero-order chi connectivity index (χ0) is 21.0. The van der Waals surface area contributed by atoms with Crippen molar-refractivity contribution in [2.75, 3.05) is 25.0 Å². The number of aryl methyl sites for hydroxylation is 1. The molecule has 1 aliphatic heterocycles. The van der Waals surface area contributed by atoms with Gasteiger partial charge in [-0.15, -0.1) is 0 Å². The van der Waals surface area contributed by atoms with Crippen molar-refractivity contribution < 1.29 is 22.7 Å². The summed E-state index contributed by atoms with van der Waals surface area (Å²) in [5.74, 6) is -0.950. The van der Waals surface area contributed by atoms with E-state index < -0.39 is 16.0 Å². The lowest BCUT2D eigenvalue weighted by molar-refractivity contribution is -0.120. The number of hydrogen-bond donors (Lipinski definition) is 1. The fraction of sp³-hybridized carbons (Fsp3) is 0.421. The molecule has 1 aliphatic rings. The number of nitrogens with zero attached hydrogens (tertiary/aromatic N) is 3. The molecule has 1 amide bonds. The normalized spacial score (nSPS) is 15.8. The van der Waals surface area contributed by atoms with Gasteiger partial charge < -0.3 is 14.6 Å². The maximum absolute atomic E-state index is 12.6. The number of piperidine rings is 1. The molecule has 3 rings (SSSR count). The fourth-order valence-electron chi connectivity index (χ4n) is 3.20. The van der Waals surface area contributed by atoms with E-state index in [0.29, 0.717) is 24.1 Å². The Labute approximate surface area is 169 Å². The van der Waals surface area contributed by atoms with Gasteiger partial charge in [0.25, 0.3) is 10.0 Å². The number of amides is 1. The number of benzene rings is 1. The standard InChI is InChI=1S/C19H24N4O5S/c1-3-28-19(25)15-5-4-6-16(11-15)21-18(24)14-7-9-23(10-8-14)29(26,27)17-12-22(2)13-20-17/h4-6,11-14H,3,7-10H2,1-2H3,(H,21,24). The minimum Gasteiger partial charge on any atom is -0.462 e. The van der Waals surface area contributed by atoms with E-state index in [1.807, 2.05) is 0 Å². The number of imidazole rings is 1. The summed E-state index contributed by atoms with van der Waals surface area (Å²) in [5, 5.41) is 2.82. The Morgan fingerprint density at radius 1 is 1.28 bits per heavy atom. The highest BCUT2D eigenvalue weighted by molar-refractivity contribution is 7.89. The van der Waals surface area contributed by atoms with Crippen molar-refractivity contribution >= 4 is 27.6 Å². The van der Waals surface area contributed by atoms with E-state index in [1.165, 1.54) is 16.8 Å². The SMILES string of the molecule is CCOC(=O)c1cccc(NC(=O)C2CCN(S(=O)(=O)c3cn(C)cn3)CC2)c1. The Hall–Kier alpha value is -2.72. The average molecular weight is 420 g/mol. The number of hydrogen-bond acceptors (Lipinski definition) is 6. The third kappa shape index (κ3) is 4.83. The summed E-state index contributed by atoms with van der Waals surface area (Å²) in [4.78, 5) is 28.3. The molecular formula is C19H24N4O5S. The Kier molecular flexibility index (Phi) is 6.33. The van der Waals surface area contributed by atoms with Crippen LogP contribution >= 0.6 is 0 Å². The van der Waals surface area contributed by atoms with Gasteiger partial charge in [-0.25, -0.2) is 18.2 Å². The zero-order valence-corrected chi connectivity index (χ0v) is 17.2. The van der Waals surface area contributed by atoms with Crippen molar-refractivity contribution in [2.45, 2.75) is 24.8 Å². The van der Waals surface area contributed by atoms with Gasteiger partial charge in [0.15, 0.2) is 5.03 Å². The molecule has 0 spiro atoms. The van der Waals surface area contributed by atoms with Crippen LogP contribution in [-0.2, 0) is 26.6 Å². The van der Waals surface area contributed by atoms with Crippen LogP contribution in [-0.4, -0.2) is 53.8 Å². The molecule has 0 saturated carbocycles. The molecule has 2 aromatic rings. The molecule has 9 nitrogen and oxygen atoms in total. The predicted octanol–water partition coefficient (Wildman–Crippen LogP) is 1.64. The lowest BCUT2D eigenvalue weighted by atomic mass is 9.97. The molecule has 0 radical (unpaired) electrons. The average Bonchev–Trinajstić information content (AvgIpc) is 3.16. The van der Waals surface area contributed by atoms with Gasteiger partial charge >= 0.3 is 5.97 Å². The first-order valence-electron chi connectivity index (χ1n) is 9.37. The number of nitrogens with one attached hydrogen (secondary N) is 1. The Morgan fingerprint density at radius 2 is 2.00 bits per heavy atom. The van der Waals surface area contributed by atoms with Gasteiger partial charge in [-0.1, -0.05) is 6.07 Å². The summed E-state index contributed by atoms with van der Waals surface area (Å²) in [7, 11) is -1.94. The number of anilines is 1. The summed E-state index contributed by atoms with van der Waals surface area (Å²) in [5.41, 5.74) is 0.866. The summed E-state index contributed by atoms with van der Waals surface area (Å²) in [6.07, 6.45) is 3.73. The van der Waals surface area contributed by atoms with Gasteiger partial charge in [0.05, 0.1) is 18.5 Å². The van der Waals surface area contributed by atoms with Crippen LogP contribution in [0.5, 0.6) is 0 Å². The van der Waals surface area contributed by atoms with Gasteiger partial charge in [-0.05, 0) is 38.0 Å². The molecule has 1 fully saturated rings. The van der Waals surface area contributed by atoms with E-state index in [9.17, 15) is 18.0 Å². The molecule has 1 saturated heterocycles. The van der Waals surface area contributed by atoms with E-state index >= 15 is 0 Å². The number of ether oxygens (including phenoxy) is 1. The fourth-order valence-corrected chi connectivity index (χ4v) is 4.63. The maximum Gasteiger partial charge on any atom is 0.338 e. The van der Waals surface area contributed by atoms with Crippen LogP contribution in [0.15, 0.2) is 41.8 Å². The molecule has 29 heavy (non-hydrogen) atoms. The summed E-state index contributed by atoms with van der Waals surface area (Å²) in [6, 6.07) is 6.55. The van der Waals surface area contributed by atoms with Crippen LogP contribution in [0.1, 0.15) is 30.1 Å². The summed E-state index contributed by atoms with van der Waals surface area (Å²) < 4.78 is 33.2. The predicted molar refractivity (Wildman–Crippen MR) is 106 cm³/mol. The number of rotatable bonds is 6. The van der Waals surface area contributed by atoms with Crippen molar-refractivity contribution in [3.63, 3.8) is 0 Å². The van der Waals surface area contributed by atoms with Crippen molar-refractivity contribution in [2.24, 2.45) is 13.0 Å². The molecule has 0 bridgehead atoms. The first-order chi connectivity index (χ1) is 13.8. The van der Waals surface area contributed by atoms with Gasteiger partial charge in [-0.2, -0.15) is 4.31 Å². The van der Waals surface area contributed by atoms with E-state index in [4.69, 9.17) is 4.74 Å². The summed E-state index contributed by atoms with van der Waals surface area (Å²) in [6.45, 7) is 2.50. The Morgan fingerprint density at radius 3 is 2.62 bits per heavy atom. The lowest BCUT2D eigenvalue weighted by Crippen LogP contribution is -2.41. The minimum absolute atomic E-state index is 0.0127. The van der Waals surface area contributed by atoms with E-state index in [0.717, 1.165) is 0 Å². The Bertz CT molecular complexity index is 994. The van der Waals surface area contributed by atoms with Crippen molar-refractivity contribution in [3.8, 4) is 0 Å². The van der Waals surface area contributed by atoms with Crippen LogP contribution < -0.4 is 5.32 Å². The number of esters is 1. The molecule has 156 valence electrons. The van der Waals surface area contributed by atoms with Crippen LogP contribution in [0.4, 0.5) is 5.69 Å². The van der Waals surface area contributed by atoms with E-state index in [1.54, 1.807) is 42.8 Å². The minimum atomic E-state index is -3.65. The van der Waals surface area contributed by atoms with Crippen LogP contribution in [0.3, 0.4) is 0 Å². The molecule has 10 heteroatoms. The molecule has 0 unspecified atom stereocenters. The Balaban J connectivity index is 1.59. The van der Waals surface area contributed by atoms with E-state index in [-0.39, 0.29) is 36.5 Å². The molecule has 1 N–H and O–H groups in total. The third-order valence-electron chi connectivity index (χ3n) is 4.75. The number of carbonyl (C=O) groups is 2. The molecule has 1 aromatic heterocycles. The lowest BCUT2D eigenvalue weighted by Gasteiger charge is -2.29. The molecule has 0 aliphatic carbocycles. The first kappa shape index (κ1) is 21.0. The van der Waals surface area contributed by atoms with Gasteiger partial charge in [0.1, 0.15) is 0 Å². The van der Waals surface area contributed by atoms with Crippen LogP contribution in [0.25, 0.3) is 0 Å². The van der Waals surface area contributed by atoms with Crippen LogP contribution in [0, 0.1) is 5.92 Å². The topological polar surface area (TPSA) is 111 Å². The number of aromatic nitrogens is 2. The second-order valence-corrected chi connectivity index (χ2v) is 8.73. The van der Waals surface area contributed by atoms with Gasteiger partial charge in [-0.3, -0.25) is 4.79 Å². The van der Waals surface area contributed by atoms with Crippen molar-refractivity contribution in [1.82, 2.24) is 13.9 Å². The molecular weight excluding hydrogens is 396 g/mol. The quantitative estimate of drug-likeness (QED) is 0.711. The smallest absolute Gasteiger partial charge is 0.338 e. The van der Waals surface area contributed by atoms with Crippen molar-refractivity contribution in [1.29, 1.82) is 0 Å². The highest BCUT2D eigenvalue weighted by Crippen LogP contribution is 2.24. The second kappa shape index (κ2) is 8.75. The third-order valence-corrected chi connectivity index (χ3v) is 6.54. The zero-order valence-electron chi connectivity index (χ0n) is 16.4. The van der Waals surface area contributed by atoms with Gasteiger partial charge in [0, 0.05) is 37.9 Å². The summed E-state index contributed by atoms with van der Waals surface area (Å²) >= 11 is 0. The largest absolute Gasteiger partial charge is 0.462 e. The van der Waals surface area contributed by atoms with Crippen LogP contribution in [0.2, 0.25) is 0 Å². The number of sulfonamides is 1. The molecule has 2 heterocycles. The molecule has 1 aromatic carbocycles. The monoisotopic (exact) mass is 420 g/mol. The highest BCUT2D eigenvalue weighted by Gasteiger charge is 2.33. The molecule has 0 atom stereocenters. The number of carbonyl (C=O) groups excluding carboxylic acids is 2. The van der Waals surface area contributed by atoms with Crippen molar-refractivity contribution in [3.05, 3.63) is 42.4 Å². The first-order valence-corrected chi connectivity index (χ1v) is 10.8.